The topological polar surface area (TPSA) is 31.4 Å². The average Bonchev–Trinajstić information content (AvgIpc) is 2.87. The Morgan fingerprint density at radius 1 is 1.38 bits per heavy atom. The van der Waals surface area contributed by atoms with Gasteiger partial charge in [-0.2, -0.15) is 0 Å². The Balaban J connectivity index is 1.82. The molecule has 0 atom stereocenters. The summed E-state index contributed by atoms with van der Waals surface area (Å²) in [5, 5.41) is 4.68. The molecule has 2 heterocycles. The number of nitrogens with one attached hydrogen (secondary N) is 1. The van der Waals surface area contributed by atoms with Gasteiger partial charge >= 0.3 is 0 Å². The van der Waals surface area contributed by atoms with Gasteiger partial charge in [0.1, 0.15) is 0 Å². The van der Waals surface area contributed by atoms with Crippen LogP contribution in [-0.4, -0.2) is 49.2 Å². The molecule has 21 heavy (non-hydrogen) atoms. The maximum Gasteiger partial charge on any atom is 0.185 e. The lowest BCUT2D eigenvalue weighted by Gasteiger charge is -2.31. The van der Waals surface area contributed by atoms with Gasteiger partial charge < -0.3 is 15.1 Å². The van der Waals surface area contributed by atoms with Gasteiger partial charge in [-0.1, -0.05) is 0 Å². The fraction of sp³-hybridized carbons (Fsp3) is 0.812. The van der Waals surface area contributed by atoms with Crippen molar-refractivity contribution < 1.29 is 0 Å². The SMILES string of the molecule is CN1CCC(CN(C)c2ncc(CNC(C)(C)C)s2)CC1. The second-order valence-corrected chi connectivity index (χ2v) is 8.43. The fourth-order valence-corrected chi connectivity index (χ4v) is 3.44. The monoisotopic (exact) mass is 310 g/mol. The van der Waals surface area contributed by atoms with Crippen LogP contribution in [0.15, 0.2) is 6.20 Å². The molecule has 0 radical (unpaired) electrons. The molecule has 0 saturated carbocycles. The molecular formula is C16H30N4S. The predicted molar refractivity (Wildman–Crippen MR) is 92.2 cm³/mol. The molecule has 1 saturated heterocycles. The van der Waals surface area contributed by atoms with E-state index in [0.717, 1.165) is 24.1 Å². The summed E-state index contributed by atoms with van der Waals surface area (Å²) in [7, 11) is 4.40. The van der Waals surface area contributed by atoms with Crippen molar-refractivity contribution in [2.75, 3.05) is 38.6 Å². The van der Waals surface area contributed by atoms with Crippen molar-refractivity contribution >= 4 is 16.5 Å². The molecule has 5 heteroatoms. The maximum absolute atomic E-state index is 4.59. The van der Waals surface area contributed by atoms with Crippen LogP contribution in [0.4, 0.5) is 5.13 Å². The zero-order valence-electron chi connectivity index (χ0n) is 14.1. The Hall–Kier alpha value is -0.650. The van der Waals surface area contributed by atoms with Gasteiger partial charge in [-0.25, -0.2) is 4.98 Å². The van der Waals surface area contributed by atoms with Crippen molar-refractivity contribution in [1.82, 2.24) is 15.2 Å². The minimum absolute atomic E-state index is 0.157. The van der Waals surface area contributed by atoms with E-state index in [1.165, 1.54) is 30.8 Å². The highest BCUT2D eigenvalue weighted by molar-refractivity contribution is 7.15. The van der Waals surface area contributed by atoms with Crippen molar-refractivity contribution in [3.05, 3.63) is 11.1 Å². The van der Waals surface area contributed by atoms with E-state index in [1.807, 2.05) is 17.5 Å². The second kappa shape index (κ2) is 7.07. The summed E-state index contributed by atoms with van der Waals surface area (Å²) in [5.41, 5.74) is 0.157. The number of thiazole rings is 1. The molecule has 4 nitrogen and oxygen atoms in total. The van der Waals surface area contributed by atoms with Crippen LogP contribution >= 0.6 is 11.3 Å². The third kappa shape index (κ3) is 5.57. The standard InChI is InChI=1S/C16H30N4S/c1-16(2,3)18-11-14-10-17-15(21-14)20(5)12-13-6-8-19(4)9-7-13/h10,13,18H,6-9,11-12H2,1-5H3. The van der Waals surface area contributed by atoms with Gasteiger partial charge in [0.2, 0.25) is 0 Å². The molecule has 0 bridgehead atoms. The fourth-order valence-electron chi connectivity index (χ4n) is 2.62. The van der Waals surface area contributed by atoms with Crippen LogP contribution < -0.4 is 10.2 Å². The minimum atomic E-state index is 0.157. The molecule has 1 aromatic heterocycles. The Kier molecular flexibility index (Phi) is 5.63. The van der Waals surface area contributed by atoms with Gasteiger partial charge in [-0.3, -0.25) is 0 Å². The smallest absolute Gasteiger partial charge is 0.185 e. The number of aromatic nitrogens is 1. The van der Waals surface area contributed by atoms with E-state index in [1.54, 1.807) is 0 Å². The normalized spacial score (nSPS) is 18.1. The van der Waals surface area contributed by atoms with Crippen LogP contribution in [0.1, 0.15) is 38.5 Å². The molecule has 0 unspecified atom stereocenters. The molecule has 1 aromatic rings. The number of hydrogen-bond donors (Lipinski definition) is 1. The summed E-state index contributed by atoms with van der Waals surface area (Å²) in [5.74, 6) is 0.811. The molecule has 1 aliphatic rings. The third-order valence-electron chi connectivity index (χ3n) is 4.03. The van der Waals surface area contributed by atoms with Gasteiger partial charge in [-0.05, 0) is 59.7 Å². The lowest BCUT2D eigenvalue weighted by Crippen LogP contribution is -2.35. The Bertz CT molecular complexity index is 430. The van der Waals surface area contributed by atoms with Crippen LogP contribution in [0.2, 0.25) is 0 Å². The summed E-state index contributed by atoms with van der Waals surface area (Å²) in [6, 6.07) is 0. The molecule has 1 aliphatic heterocycles. The van der Waals surface area contributed by atoms with Gasteiger partial charge in [0.05, 0.1) is 0 Å². The molecule has 0 aliphatic carbocycles. The number of nitrogens with zero attached hydrogens (tertiary/aromatic N) is 3. The summed E-state index contributed by atoms with van der Waals surface area (Å²) < 4.78 is 0. The van der Waals surface area contributed by atoms with Gasteiger partial charge in [-0.15, -0.1) is 11.3 Å². The third-order valence-corrected chi connectivity index (χ3v) is 5.14. The lowest BCUT2D eigenvalue weighted by molar-refractivity contribution is 0.222. The van der Waals surface area contributed by atoms with E-state index in [4.69, 9.17) is 0 Å². The number of hydrogen-bond acceptors (Lipinski definition) is 5. The molecule has 2 rings (SSSR count). The highest BCUT2D eigenvalue weighted by atomic mass is 32.1. The first-order valence-electron chi connectivity index (χ1n) is 7.93. The van der Waals surface area contributed by atoms with E-state index in [0.29, 0.717) is 0 Å². The van der Waals surface area contributed by atoms with Crippen LogP contribution in [0.5, 0.6) is 0 Å². The lowest BCUT2D eigenvalue weighted by atomic mass is 9.97. The van der Waals surface area contributed by atoms with Crippen LogP contribution in [-0.2, 0) is 6.54 Å². The molecule has 0 amide bonds. The number of anilines is 1. The second-order valence-electron chi connectivity index (χ2n) is 7.34. The van der Waals surface area contributed by atoms with Crippen molar-refractivity contribution in [3.8, 4) is 0 Å². The predicted octanol–water partition coefficient (Wildman–Crippen LogP) is 2.81. The zero-order valence-corrected chi connectivity index (χ0v) is 15.0. The van der Waals surface area contributed by atoms with E-state index in [9.17, 15) is 0 Å². The van der Waals surface area contributed by atoms with E-state index in [2.05, 4.69) is 55.0 Å². The van der Waals surface area contributed by atoms with Crippen LogP contribution in [0.25, 0.3) is 0 Å². The largest absolute Gasteiger partial charge is 0.351 e. The molecule has 1 N–H and O–H groups in total. The van der Waals surface area contributed by atoms with Gasteiger partial charge in [0.15, 0.2) is 5.13 Å². The number of piperidine rings is 1. The molecular weight excluding hydrogens is 280 g/mol. The summed E-state index contributed by atoms with van der Waals surface area (Å²) in [4.78, 5) is 10.7. The van der Waals surface area contributed by atoms with Crippen LogP contribution in [0, 0.1) is 5.92 Å². The molecule has 1 fully saturated rings. The number of likely N-dealkylation sites (tertiary alicyclic amines) is 1. The summed E-state index contributed by atoms with van der Waals surface area (Å²) in [6.45, 7) is 11.1. The quantitative estimate of drug-likeness (QED) is 0.906. The highest BCUT2D eigenvalue weighted by Crippen LogP contribution is 2.25. The zero-order chi connectivity index (χ0) is 15.5. The Labute approximate surface area is 133 Å². The maximum atomic E-state index is 4.59. The van der Waals surface area contributed by atoms with E-state index < -0.39 is 0 Å². The molecule has 120 valence electrons. The summed E-state index contributed by atoms with van der Waals surface area (Å²) in [6.07, 6.45) is 4.64. The van der Waals surface area contributed by atoms with Crippen molar-refractivity contribution in [2.45, 2.75) is 45.7 Å². The van der Waals surface area contributed by atoms with Gasteiger partial charge in [0.25, 0.3) is 0 Å². The highest BCUT2D eigenvalue weighted by Gasteiger charge is 2.19. The minimum Gasteiger partial charge on any atom is -0.351 e. The average molecular weight is 311 g/mol. The first-order valence-corrected chi connectivity index (χ1v) is 8.74. The van der Waals surface area contributed by atoms with E-state index >= 15 is 0 Å². The molecule has 0 aromatic carbocycles. The first-order chi connectivity index (χ1) is 9.83. The summed E-state index contributed by atoms with van der Waals surface area (Å²) >= 11 is 1.81. The van der Waals surface area contributed by atoms with Crippen LogP contribution in [0.3, 0.4) is 0 Å². The molecule has 0 spiro atoms. The Morgan fingerprint density at radius 3 is 2.67 bits per heavy atom. The van der Waals surface area contributed by atoms with Gasteiger partial charge in [0, 0.05) is 36.8 Å². The Morgan fingerprint density at radius 2 is 2.05 bits per heavy atom. The van der Waals surface area contributed by atoms with Crippen molar-refractivity contribution in [2.24, 2.45) is 5.92 Å². The van der Waals surface area contributed by atoms with E-state index in [-0.39, 0.29) is 5.54 Å². The van der Waals surface area contributed by atoms with Crippen molar-refractivity contribution in [1.29, 1.82) is 0 Å². The number of rotatable bonds is 5. The van der Waals surface area contributed by atoms with Crippen molar-refractivity contribution in [3.63, 3.8) is 0 Å². The first kappa shape index (κ1) is 16.7.